The van der Waals surface area contributed by atoms with Gasteiger partial charge in [0.2, 0.25) is 0 Å². The van der Waals surface area contributed by atoms with Crippen molar-refractivity contribution in [2.24, 2.45) is 0 Å². The summed E-state index contributed by atoms with van der Waals surface area (Å²) in [4.78, 5) is 2.29. The Morgan fingerprint density at radius 3 is 1.98 bits per heavy atom. The number of anilines is 3. The molecule has 0 atom stereocenters. The lowest BCUT2D eigenvalue weighted by Gasteiger charge is -2.26. The zero-order valence-corrected chi connectivity index (χ0v) is 22.1. The maximum atomic E-state index is 6.55. The lowest BCUT2D eigenvalue weighted by atomic mass is 10.0. The highest BCUT2D eigenvalue weighted by molar-refractivity contribution is 6.37. The molecule has 6 aromatic carbocycles. The third-order valence-electron chi connectivity index (χ3n) is 7.54. The third kappa shape index (κ3) is 3.52. The highest BCUT2D eigenvalue weighted by Crippen LogP contribution is 2.44. The summed E-state index contributed by atoms with van der Waals surface area (Å²) in [5.74, 6) is 0. The van der Waals surface area contributed by atoms with Crippen LogP contribution in [-0.2, 0) is 0 Å². The first-order valence-corrected chi connectivity index (χ1v) is 13.6. The van der Waals surface area contributed by atoms with E-state index in [4.69, 9.17) is 20.4 Å². The van der Waals surface area contributed by atoms with E-state index < -0.39 is 0 Å². The van der Waals surface area contributed by atoms with Gasteiger partial charge in [0.1, 0.15) is 22.3 Å². The molecule has 2 heterocycles. The van der Waals surface area contributed by atoms with Gasteiger partial charge in [0.05, 0.1) is 16.1 Å². The molecule has 0 spiro atoms. The van der Waals surface area contributed by atoms with Crippen LogP contribution in [0.5, 0.6) is 0 Å². The molecule has 0 N–H and O–H groups in total. The zero-order valence-electron chi connectivity index (χ0n) is 21.3. The van der Waals surface area contributed by atoms with Gasteiger partial charge < -0.3 is 13.7 Å². The molecule has 0 amide bonds. The average molecular weight is 536 g/mol. The fourth-order valence-corrected chi connectivity index (χ4v) is 6.04. The van der Waals surface area contributed by atoms with Crippen molar-refractivity contribution in [2.45, 2.75) is 0 Å². The number of fused-ring (bicyclic) bond motifs is 6. The molecule has 0 unspecified atom stereocenters. The summed E-state index contributed by atoms with van der Waals surface area (Å²) in [6, 6.07) is 45.5. The van der Waals surface area contributed by atoms with Gasteiger partial charge in [0.25, 0.3) is 0 Å². The van der Waals surface area contributed by atoms with Crippen LogP contribution < -0.4 is 4.90 Å². The van der Waals surface area contributed by atoms with E-state index >= 15 is 0 Å². The molecule has 0 fully saturated rings. The Hall–Kier alpha value is -4.99. The van der Waals surface area contributed by atoms with Gasteiger partial charge in [-0.3, -0.25) is 0 Å². The van der Waals surface area contributed by atoms with Gasteiger partial charge in [0, 0.05) is 33.1 Å². The fourth-order valence-electron chi connectivity index (χ4n) is 5.77. The minimum Gasteiger partial charge on any atom is -0.456 e. The number of halogens is 1. The van der Waals surface area contributed by atoms with Crippen LogP contribution in [0.15, 0.2) is 142 Å². The van der Waals surface area contributed by atoms with Crippen molar-refractivity contribution >= 4 is 72.5 Å². The van der Waals surface area contributed by atoms with Crippen molar-refractivity contribution < 1.29 is 8.83 Å². The molecule has 0 bridgehead atoms. The van der Waals surface area contributed by atoms with E-state index in [1.807, 2.05) is 42.5 Å². The summed E-state index contributed by atoms with van der Waals surface area (Å²) in [6.07, 6.45) is 0. The van der Waals surface area contributed by atoms with Crippen LogP contribution in [0.3, 0.4) is 0 Å². The largest absolute Gasteiger partial charge is 0.456 e. The van der Waals surface area contributed by atoms with Crippen molar-refractivity contribution in [3.63, 3.8) is 0 Å². The van der Waals surface area contributed by atoms with Crippen LogP contribution in [0.1, 0.15) is 0 Å². The number of rotatable bonds is 4. The minimum atomic E-state index is 0.697. The lowest BCUT2D eigenvalue weighted by Crippen LogP contribution is -2.10. The number of para-hydroxylation sites is 3. The van der Waals surface area contributed by atoms with Gasteiger partial charge in [-0.15, -0.1) is 0 Å². The van der Waals surface area contributed by atoms with Crippen LogP contribution in [0.4, 0.5) is 17.1 Å². The van der Waals surface area contributed by atoms with E-state index in [1.54, 1.807) is 0 Å². The second-order valence-electron chi connectivity index (χ2n) is 9.86. The number of hydrogen-bond acceptors (Lipinski definition) is 3. The molecule has 8 rings (SSSR count). The summed E-state index contributed by atoms with van der Waals surface area (Å²) in [5.41, 5.74) is 8.68. The van der Waals surface area contributed by atoms with Gasteiger partial charge >= 0.3 is 0 Å². The Morgan fingerprint density at radius 1 is 0.475 bits per heavy atom. The standard InChI is InChI=1S/C36H22ClNO2/c37-29-14-7-17-32-34(29)28-13-6-12-26(36(28)40-32)23-19-21-25(22-20-23)38(24-9-2-1-3-10-24)30-15-8-18-33-35(30)27-11-4-5-16-31(27)39-33/h1-22H. The number of benzene rings is 6. The molecule has 0 saturated heterocycles. The molecule has 0 aliphatic heterocycles. The van der Waals surface area contributed by atoms with Crippen molar-refractivity contribution in [1.82, 2.24) is 0 Å². The monoisotopic (exact) mass is 535 g/mol. The Labute approximate surface area is 235 Å². The topological polar surface area (TPSA) is 29.5 Å². The molecule has 3 nitrogen and oxygen atoms in total. The fraction of sp³-hybridized carbons (Fsp3) is 0. The van der Waals surface area contributed by atoms with Crippen LogP contribution in [0.25, 0.3) is 55.0 Å². The van der Waals surface area contributed by atoms with Crippen LogP contribution in [0, 0.1) is 0 Å². The smallest absolute Gasteiger partial charge is 0.143 e. The molecule has 4 heteroatoms. The van der Waals surface area contributed by atoms with E-state index in [9.17, 15) is 0 Å². The number of furan rings is 2. The Morgan fingerprint density at radius 2 is 1.12 bits per heavy atom. The van der Waals surface area contributed by atoms with Crippen molar-refractivity contribution in [3.8, 4) is 11.1 Å². The van der Waals surface area contributed by atoms with Gasteiger partial charge in [-0.05, 0) is 60.2 Å². The molecule has 8 aromatic rings. The quantitative estimate of drug-likeness (QED) is 0.224. The second-order valence-corrected chi connectivity index (χ2v) is 10.3. The van der Waals surface area contributed by atoms with Crippen molar-refractivity contribution in [3.05, 3.63) is 138 Å². The average Bonchev–Trinajstić information content (AvgIpc) is 3.58. The van der Waals surface area contributed by atoms with E-state index in [0.29, 0.717) is 5.02 Å². The molecule has 190 valence electrons. The van der Waals surface area contributed by atoms with Crippen LogP contribution >= 0.6 is 11.6 Å². The SMILES string of the molecule is Clc1cccc2oc3c(-c4ccc(N(c5ccccc5)c5cccc6oc7ccccc7c56)cc4)cccc3c12. The summed E-state index contributed by atoms with van der Waals surface area (Å²) >= 11 is 6.55. The van der Waals surface area contributed by atoms with Gasteiger partial charge in [-0.25, -0.2) is 0 Å². The molecular weight excluding hydrogens is 514 g/mol. The van der Waals surface area contributed by atoms with Crippen LogP contribution in [-0.4, -0.2) is 0 Å². The normalized spacial score (nSPS) is 11.6. The minimum absolute atomic E-state index is 0.697. The van der Waals surface area contributed by atoms with E-state index in [2.05, 4.69) is 95.9 Å². The molecule has 0 aliphatic carbocycles. The molecule has 2 aromatic heterocycles. The van der Waals surface area contributed by atoms with E-state index in [1.165, 1.54) is 0 Å². The van der Waals surface area contributed by atoms with Crippen molar-refractivity contribution in [1.29, 1.82) is 0 Å². The maximum Gasteiger partial charge on any atom is 0.143 e. The zero-order chi connectivity index (χ0) is 26.6. The summed E-state index contributed by atoms with van der Waals surface area (Å²) in [5, 5.41) is 4.86. The summed E-state index contributed by atoms with van der Waals surface area (Å²) < 4.78 is 12.5. The first-order chi connectivity index (χ1) is 19.8. The number of nitrogens with zero attached hydrogens (tertiary/aromatic N) is 1. The molecule has 0 aliphatic rings. The third-order valence-corrected chi connectivity index (χ3v) is 7.86. The predicted molar refractivity (Wildman–Crippen MR) is 166 cm³/mol. The molecule has 40 heavy (non-hydrogen) atoms. The first kappa shape index (κ1) is 22.9. The predicted octanol–water partition coefficient (Wildman–Crippen LogP) is 11.3. The summed E-state index contributed by atoms with van der Waals surface area (Å²) in [7, 11) is 0. The van der Waals surface area contributed by atoms with Gasteiger partial charge in [0.15, 0.2) is 0 Å². The maximum absolute atomic E-state index is 6.55. The second kappa shape index (κ2) is 9.04. The lowest BCUT2D eigenvalue weighted by molar-refractivity contribution is 0.669. The highest BCUT2D eigenvalue weighted by Gasteiger charge is 2.20. The van der Waals surface area contributed by atoms with Crippen LogP contribution in [0.2, 0.25) is 5.02 Å². The Balaban J connectivity index is 1.30. The first-order valence-electron chi connectivity index (χ1n) is 13.2. The van der Waals surface area contributed by atoms with E-state index in [-0.39, 0.29) is 0 Å². The molecular formula is C36H22ClNO2. The number of hydrogen-bond donors (Lipinski definition) is 0. The highest BCUT2D eigenvalue weighted by atomic mass is 35.5. The Kier molecular flexibility index (Phi) is 5.19. The molecule has 0 radical (unpaired) electrons. The molecule has 0 saturated carbocycles. The Bertz CT molecular complexity index is 2180. The van der Waals surface area contributed by atoms with Gasteiger partial charge in [-0.1, -0.05) is 90.5 Å². The van der Waals surface area contributed by atoms with Crippen molar-refractivity contribution in [2.75, 3.05) is 4.90 Å². The van der Waals surface area contributed by atoms with Gasteiger partial charge in [-0.2, -0.15) is 0 Å². The van der Waals surface area contributed by atoms with E-state index in [0.717, 1.165) is 72.1 Å². The summed E-state index contributed by atoms with van der Waals surface area (Å²) in [6.45, 7) is 0.